The summed E-state index contributed by atoms with van der Waals surface area (Å²) in [6, 6.07) is 16.3. The van der Waals surface area contributed by atoms with E-state index in [1.165, 1.54) is 0 Å². The quantitative estimate of drug-likeness (QED) is 0.511. The lowest BCUT2D eigenvalue weighted by atomic mass is 9.67. The normalized spacial score (nSPS) is 25.7. The van der Waals surface area contributed by atoms with Crippen molar-refractivity contribution in [3.63, 3.8) is 0 Å². The van der Waals surface area contributed by atoms with Gasteiger partial charge in [0.25, 0.3) is 0 Å². The van der Waals surface area contributed by atoms with Gasteiger partial charge in [-0.25, -0.2) is 0 Å². The first-order valence-corrected chi connectivity index (χ1v) is 11.9. The lowest BCUT2D eigenvalue weighted by molar-refractivity contribution is -0.152. The highest BCUT2D eigenvalue weighted by Gasteiger charge is 2.67. The van der Waals surface area contributed by atoms with E-state index < -0.39 is 34.8 Å². The van der Waals surface area contributed by atoms with Crippen LogP contribution in [0.5, 0.6) is 0 Å². The van der Waals surface area contributed by atoms with E-state index in [0.29, 0.717) is 0 Å². The molecule has 2 aromatic carbocycles. The number of Topliss-reactive ketones (excluding diaryl/α,β-unsaturated/α-hetero) is 1. The van der Waals surface area contributed by atoms with Crippen molar-refractivity contribution in [1.82, 2.24) is 0 Å². The van der Waals surface area contributed by atoms with Gasteiger partial charge >= 0.3 is 5.97 Å². The number of carbonyl (C=O) groups excluding carboxylic acids is 2. The molecule has 0 bridgehead atoms. The number of nitrogens with zero attached hydrogens (tertiary/aromatic N) is 2. The van der Waals surface area contributed by atoms with Crippen molar-refractivity contribution in [2.24, 2.45) is 10.8 Å². The van der Waals surface area contributed by atoms with Crippen LogP contribution in [-0.2, 0) is 14.3 Å². The predicted molar refractivity (Wildman–Crippen MR) is 132 cm³/mol. The van der Waals surface area contributed by atoms with Gasteiger partial charge in [0, 0.05) is 21.5 Å². The molecule has 1 saturated heterocycles. The third-order valence-electron chi connectivity index (χ3n) is 6.58. The molecule has 1 unspecified atom stereocenters. The standard InChI is InChI=1S/C27H27BrN2O3/c1-5-33-25(32)27(16-29)21-15-12-17-8-6-7-9-20(17)30(21)23(24(31)26(2,3)4)22(27)18-10-13-19(28)14-11-18/h6-15,21-23H,5H2,1-4H3/t21?,22-,23+,27-/m1/s1. The minimum Gasteiger partial charge on any atom is -0.465 e. The average molecular weight is 507 g/mol. The number of ketones is 1. The molecule has 0 spiro atoms. The Morgan fingerprint density at radius 1 is 1.15 bits per heavy atom. The molecular weight excluding hydrogens is 480 g/mol. The third-order valence-corrected chi connectivity index (χ3v) is 7.11. The zero-order valence-corrected chi connectivity index (χ0v) is 20.8. The maximum atomic E-state index is 14.0. The summed E-state index contributed by atoms with van der Waals surface area (Å²) in [7, 11) is 0. The molecular formula is C27H27BrN2O3. The van der Waals surface area contributed by atoms with Crippen LogP contribution in [-0.4, -0.2) is 30.4 Å². The number of rotatable bonds is 4. The summed E-state index contributed by atoms with van der Waals surface area (Å²) in [4.78, 5) is 29.6. The van der Waals surface area contributed by atoms with Crippen molar-refractivity contribution in [2.75, 3.05) is 11.5 Å². The zero-order valence-electron chi connectivity index (χ0n) is 19.2. The first-order chi connectivity index (χ1) is 15.7. The number of esters is 1. The van der Waals surface area contributed by atoms with Gasteiger partial charge in [-0.15, -0.1) is 0 Å². The van der Waals surface area contributed by atoms with Crippen LogP contribution < -0.4 is 4.90 Å². The molecule has 5 nitrogen and oxygen atoms in total. The van der Waals surface area contributed by atoms with Crippen LogP contribution in [0.15, 0.2) is 59.1 Å². The highest BCUT2D eigenvalue weighted by molar-refractivity contribution is 9.10. The maximum Gasteiger partial charge on any atom is 0.329 e. The Balaban J connectivity index is 2.05. The second kappa shape index (κ2) is 8.46. The van der Waals surface area contributed by atoms with Crippen LogP contribution in [0.1, 0.15) is 44.7 Å². The second-order valence-electron chi connectivity index (χ2n) is 9.56. The van der Waals surface area contributed by atoms with Gasteiger partial charge in [-0.2, -0.15) is 5.26 Å². The zero-order chi connectivity index (χ0) is 24.0. The lowest BCUT2D eigenvalue weighted by Gasteiger charge is -2.37. The third kappa shape index (κ3) is 3.59. The van der Waals surface area contributed by atoms with Gasteiger partial charge in [0.15, 0.2) is 11.2 Å². The highest BCUT2D eigenvalue weighted by Crippen LogP contribution is 2.57. The molecule has 0 aromatic heterocycles. The van der Waals surface area contributed by atoms with E-state index in [9.17, 15) is 14.9 Å². The van der Waals surface area contributed by atoms with Crippen LogP contribution >= 0.6 is 15.9 Å². The van der Waals surface area contributed by atoms with E-state index in [2.05, 4.69) is 22.0 Å². The number of benzene rings is 2. The van der Waals surface area contributed by atoms with Crippen molar-refractivity contribution >= 4 is 39.4 Å². The van der Waals surface area contributed by atoms with Gasteiger partial charge in [-0.1, -0.05) is 79.2 Å². The van der Waals surface area contributed by atoms with Crippen molar-refractivity contribution < 1.29 is 14.3 Å². The largest absolute Gasteiger partial charge is 0.465 e. The van der Waals surface area contributed by atoms with Crippen molar-refractivity contribution in [3.8, 4) is 6.07 Å². The Morgan fingerprint density at radius 3 is 2.42 bits per heavy atom. The van der Waals surface area contributed by atoms with Crippen molar-refractivity contribution in [1.29, 1.82) is 5.26 Å². The number of hydrogen-bond donors (Lipinski definition) is 0. The van der Waals surface area contributed by atoms with E-state index >= 15 is 0 Å². The Morgan fingerprint density at radius 2 is 1.82 bits per heavy atom. The fourth-order valence-corrected chi connectivity index (χ4v) is 5.37. The van der Waals surface area contributed by atoms with Gasteiger partial charge in [0.1, 0.15) is 0 Å². The minimum atomic E-state index is -1.58. The summed E-state index contributed by atoms with van der Waals surface area (Å²) >= 11 is 3.47. The van der Waals surface area contributed by atoms with Crippen LogP contribution in [0, 0.1) is 22.2 Å². The van der Waals surface area contributed by atoms with Crippen LogP contribution in [0.2, 0.25) is 0 Å². The molecule has 1 fully saturated rings. The molecule has 6 heteroatoms. The lowest BCUT2D eigenvalue weighted by Crippen LogP contribution is -2.48. The van der Waals surface area contributed by atoms with Crippen molar-refractivity contribution in [3.05, 3.63) is 70.2 Å². The number of carbonyl (C=O) groups is 2. The first-order valence-electron chi connectivity index (χ1n) is 11.1. The number of nitriles is 1. The van der Waals surface area contributed by atoms with Gasteiger partial charge in [-0.05, 0) is 36.2 Å². The van der Waals surface area contributed by atoms with E-state index in [0.717, 1.165) is 21.3 Å². The summed E-state index contributed by atoms with van der Waals surface area (Å²) < 4.78 is 6.38. The predicted octanol–water partition coefficient (Wildman–Crippen LogP) is 5.51. The molecule has 2 aliphatic rings. The molecule has 2 aromatic rings. The second-order valence-corrected chi connectivity index (χ2v) is 10.5. The maximum absolute atomic E-state index is 14.0. The SMILES string of the molecule is CCOC(=O)[C@]1(C#N)C2C=Cc3ccccc3N2[C@H](C(=O)C(C)(C)C)[C@H]1c1ccc(Br)cc1. The summed E-state index contributed by atoms with van der Waals surface area (Å²) in [6.07, 6.45) is 3.81. The van der Waals surface area contributed by atoms with Gasteiger partial charge in [0.2, 0.25) is 0 Å². The van der Waals surface area contributed by atoms with Crippen LogP contribution in [0.3, 0.4) is 0 Å². The number of ether oxygens (including phenoxy) is 1. The summed E-state index contributed by atoms with van der Waals surface area (Å²) in [5, 5.41) is 10.7. The Bertz CT molecular complexity index is 1160. The van der Waals surface area contributed by atoms with Crippen LogP contribution in [0.4, 0.5) is 5.69 Å². The Kier molecular flexibility index (Phi) is 5.96. The molecule has 0 N–H and O–H groups in total. The van der Waals surface area contributed by atoms with Gasteiger partial charge in [0.05, 0.1) is 24.8 Å². The monoisotopic (exact) mass is 506 g/mol. The molecule has 4 atom stereocenters. The molecule has 2 aliphatic heterocycles. The Labute approximate surface area is 203 Å². The number of fused-ring (bicyclic) bond motifs is 3. The number of para-hydroxylation sites is 1. The van der Waals surface area contributed by atoms with E-state index in [1.807, 2.05) is 86.4 Å². The Hall–Kier alpha value is -2.91. The van der Waals surface area contributed by atoms with E-state index in [-0.39, 0.29) is 12.4 Å². The summed E-state index contributed by atoms with van der Waals surface area (Å²) in [6.45, 7) is 7.52. The fraction of sp³-hybridized carbons (Fsp3) is 0.370. The molecule has 33 heavy (non-hydrogen) atoms. The van der Waals surface area contributed by atoms with E-state index in [1.54, 1.807) is 6.92 Å². The average Bonchev–Trinajstić information content (AvgIpc) is 3.10. The van der Waals surface area contributed by atoms with Crippen molar-refractivity contribution in [2.45, 2.75) is 45.7 Å². The molecule has 0 saturated carbocycles. The van der Waals surface area contributed by atoms with Crippen LogP contribution in [0.25, 0.3) is 6.08 Å². The smallest absolute Gasteiger partial charge is 0.329 e. The molecule has 0 aliphatic carbocycles. The van der Waals surface area contributed by atoms with Gasteiger partial charge in [-0.3, -0.25) is 9.59 Å². The molecule has 0 radical (unpaired) electrons. The summed E-state index contributed by atoms with van der Waals surface area (Å²) in [5.74, 6) is -1.32. The topological polar surface area (TPSA) is 70.4 Å². The number of halogens is 1. The summed E-state index contributed by atoms with van der Waals surface area (Å²) in [5.41, 5.74) is 0.290. The first kappa shape index (κ1) is 23.3. The fourth-order valence-electron chi connectivity index (χ4n) is 5.10. The molecule has 0 amide bonds. The number of hydrogen-bond acceptors (Lipinski definition) is 5. The van der Waals surface area contributed by atoms with Gasteiger partial charge < -0.3 is 9.64 Å². The molecule has 4 rings (SSSR count). The minimum absolute atomic E-state index is 0.0213. The number of anilines is 1. The highest BCUT2D eigenvalue weighted by atomic mass is 79.9. The molecule has 170 valence electrons. The molecule has 2 heterocycles. The van der Waals surface area contributed by atoms with E-state index in [4.69, 9.17) is 4.74 Å².